The van der Waals surface area contributed by atoms with E-state index in [1.165, 1.54) is 32.4 Å². The van der Waals surface area contributed by atoms with E-state index in [-0.39, 0.29) is 27.6 Å². The Kier molecular flexibility index (Phi) is 4.84. The van der Waals surface area contributed by atoms with Gasteiger partial charge in [0.05, 0.1) is 36.9 Å². The molecule has 2 aromatic rings. The van der Waals surface area contributed by atoms with Crippen LogP contribution in [0.3, 0.4) is 0 Å². The minimum Gasteiger partial charge on any atom is -0.497 e. The molecule has 136 valence electrons. The topological polar surface area (TPSA) is 84.9 Å². The zero-order valence-electron chi connectivity index (χ0n) is 13.9. The molecule has 0 aliphatic carbocycles. The summed E-state index contributed by atoms with van der Waals surface area (Å²) in [7, 11) is 2.91. The highest BCUT2D eigenvalue weighted by Gasteiger charge is 2.48. The number of amides is 1. The summed E-state index contributed by atoms with van der Waals surface area (Å²) in [6, 6.07) is 7.53. The van der Waals surface area contributed by atoms with Crippen molar-refractivity contribution < 1.29 is 24.2 Å². The van der Waals surface area contributed by atoms with Crippen LogP contribution < -0.4 is 14.8 Å². The zero-order valence-corrected chi connectivity index (χ0v) is 15.4. The van der Waals surface area contributed by atoms with Gasteiger partial charge in [-0.3, -0.25) is 9.59 Å². The first-order valence-electron chi connectivity index (χ1n) is 7.58. The molecule has 1 aliphatic heterocycles. The summed E-state index contributed by atoms with van der Waals surface area (Å²) < 4.78 is 10.3. The van der Waals surface area contributed by atoms with Crippen LogP contribution >= 0.6 is 23.2 Å². The Labute approximate surface area is 159 Å². The number of fused-ring (bicyclic) bond motifs is 1. The molecule has 1 heterocycles. The molecule has 1 atom stereocenters. The SMILES string of the molecule is COc1ccc(C(=O)C[C@]2(O)C(=O)Nc3cc(Cl)cc(Cl)c32)c(OC)c1. The number of hydrogen-bond donors (Lipinski definition) is 2. The number of benzene rings is 2. The van der Waals surface area contributed by atoms with Gasteiger partial charge in [-0.15, -0.1) is 0 Å². The number of hydrogen-bond acceptors (Lipinski definition) is 5. The number of methoxy groups -OCH3 is 2. The van der Waals surface area contributed by atoms with Crippen molar-refractivity contribution in [3.05, 3.63) is 51.5 Å². The Morgan fingerprint density at radius 3 is 2.58 bits per heavy atom. The molecule has 0 spiro atoms. The van der Waals surface area contributed by atoms with E-state index in [9.17, 15) is 14.7 Å². The van der Waals surface area contributed by atoms with Crippen molar-refractivity contribution in [1.29, 1.82) is 0 Å². The van der Waals surface area contributed by atoms with Crippen LogP contribution in [0.1, 0.15) is 22.3 Å². The van der Waals surface area contributed by atoms with Crippen molar-refractivity contribution >= 4 is 40.6 Å². The van der Waals surface area contributed by atoms with Crippen molar-refractivity contribution in [1.82, 2.24) is 0 Å². The Bertz CT molecular complexity index is 915. The van der Waals surface area contributed by atoms with Crippen LogP contribution in [0.15, 0.2) is 30.3 Å². The van der Waals surface area contributed by atoms with Crippen molar-refractivity contribution in [3.63, 3.8) is 0 Å². The van der Waals surface area contributed by atoms with Crippen LogP contribution in [-0.4, -0.2) is 31.0 Å². The number of aliphatic hydroxyl groups is 1. The van der Waals surface area contributed by atoms with E-state index in [4.69, 9.17) is 32.7 Å². The number of anilines is 1. The largest absolute Gasteiger partial charge is 0.497 e. The Hall–Kier alpha value is -2.28. The molecule has 0 fully saturated rings. The van der Waals surface area contributed by atoms with E-state index in [2.05, 4.69) is 5.32 Å². The number of carbonyl (C=O) groups excluding carboxylic acids is 2. The molecule has 8 heteroatoms. The summed E-state index contributed by atoms with van der Waals surface area (Å²) in [5.74, 6) is -0.434. The number of rotatable bonds is 5. The fraction of sp³-hybridized carbons (Fsp3) is 0.222. The average molecular weight is 396 g/mol. The molecule has 0 aromatic heterocycles. The molecule has 0 saturated heterocycles. The van der Waals surface area contributed by atoms with E-state index in [0.29, 0.717) is 10.8 Å². The van der Waals surface area contributed by atoms with Gasteiger partial charge in [0.2, 0.25) is 0 Å². The molecule has 0 radical (unpaired) electrons. The second-order valence-corrected chi connectivity index (χ2v) is 6.63. The molecule has 0 unspecified atom stereocenters. The lowest BCUT2D eigenvalue weighted by Gasteiger charge is -2.21. The van der Waals surface area contributed by atoms with Gasteiger partial charge in [0, 0.05) is 16.7 Å². The summed E-state index contributed by atoms with van der Waals surface area (Å²) in [6.45, 7) is 0. The molecule has 0 saturated carbocycles. The number of ether oxygens (including phenoxy) is 2. The van der Waals surface area contributed by atoms with Crippen LogP contribution in [0.25, 0.3) is 0 Å². The summed E-state index contributed by atoms with van der Waals surface area (Å²) >= 11 is 12.1. The maximum Gasteiger partial charge on any atom is 0.261 e. The monoisotopic (exact) mass is 395 g/mol. The predicted octanol–water partition coefficient (Wildman–Crippen LogP) is 3.42. The standard InChI is InChI=1S/C18H15Cl2NO5/c1-25-10-3-4-11(15(7-10)26-2)14(22)8-18(24)16-12(20)5-9(19)6-13(16)21-17(18)23/h3-7,24H,8H2,1-2H3,(H,21,23)/t18-/m1/s1. The van der Waals surface area contributed by atoms with E-state index in [0.717, 1.165) is 0 Å². The van der Waals surface area contributed by atoms with Gasteiger partial charge >= 0.3 is 0 Å². The van der Waals surface area contributed by atoms with Gasteiger partial charge < -0.3 is 19.9 Å². The molecular formula is C18H15Cl2NO5. The first-order chi connectivity index (χ1) is 12.3. The molecule has 0 bridgehead atoms. The molecule has 1 aliphatic rings. The van der Waals surface area contributed by atoms with Crippen LogP contribution in [0, 0.1) is 0 Å². The van der Waals surface area contributed by atoms with E-state index < -0.39 is 23.7 Å². The molecule has 2 aromatic carbocycles. The van der Waals surface area contributed by atoms with Crippen LogP contribution in [-0.2, 0) is 10.4 Å². The Morgan fingerprint density at radius 2 is 1.92 bits per heavy atom. The highest BCUT2D eigenvalue weighted by atomic mass is 35.5. The van der Waals surface area contributed by atoms with Crippen LogP contribution in [0.2, 0.25) is 10.0 Å². The van der Waals surface area contributed by atoms with Crippen molar-refractivity contribution in [2.24, 2.45) is 0 Å². The number of halogens is 2. The molecular weight excluding hydrogens is 381 g/mol. The fourth-order valence-corrected chi connectivity index (χ4v) is 3.61. The fourth-order valence-electron chi connectivity index (χ4n) is 2.96. The van der Waals surface area contributed by atoms with E-state index in [1.54, 1.807) is 12.1 Å². The Balaban J connectivity index is 1.99. The van der Waals surface area contributed by atoms with Crippen LogP contribution in [0.5, 0.6) is 11.5 Å². The third-order valence-electron chi connectivity index (χ3n) is 4.22. The number of nitrogens with one attached hydrogen (secondary N) is 1. The van der Waals surface area contributed by atoms with E-state index in [1.807, 2.05) is 0 Å². The maximum absolute atomic E-state index is 12.8. The average Bonchev–Trinajstić information content (AvgIpc) is 2.84. The first kappa shape index (κ1) is 18.5. The quantitative estimate of drug-likeness (QED) is 0.757. The van der Waals surface area contributed by atoms with Gasteiger partial charge in [0.25, 0.3) is 5.91 Å². The van der Waals surface area contributed by atoms with Crippen molar-refractivity contribution in [2.45, 2.75) is 12.0 Å². The highest BCUT2D eigenvalue weighted by molar-refractivity contribution is 6.36. The lowest BCUT2D eigenvalue weighted by molar-refractivity contribution is -0.133. The van der Waals surface area contributed by atoms with Crippen molar-refractivity contribution in [2.75, 3.05) is 19.5 Å². The molecule has 3 rings (SSSR count). The minimum atomic E-state index is -2.10. The summed E-state index contributed by atoms with van der Waals surface area (Å²) in [5, 5.41) is 13.9. The van der Waals surface area contributed by atoms with Gasteiger partial charge in [-0.1, -0.05) is 23.2 Å². The predicted molar refractivity (Wildman–Crippen MR) is 97.5 cm³/mol. The zero-order chi connectivity index (χ0) is 19.1. The lowest BCUT2D eigenvalue weighted by atomic mass is 9.88. The summed E-state index contributed by atoms with van der Waals surface area (Å²) in [6.07, 6.45) is -0.504. The molecule has 6 nitrogen and oxygen atoms in total. The number of carbonyl (C=O) groups is 2. The highest BCUT2D eigenvalue weighted by Crippen LogP contribution is 2.45. The summed E-state index contributed by atoms with van der Waals surface area (Å²) in [4.78, 5) is 25.2. The van der Waals surface area contributed by atoms with E-state index >= 15 is 0 Å². The number of Topliss-reactive ketones (excluding diaryl/α,β-unsaturated/α-hetero) is 1. The molecule has 26 heavy (non-hydrogen) atoms. The second-order valence-electron chi connectivity index (χ2n) is 5.79. The lowest BCUT2D eigenvalue weighted by Crippen LogP contribution is -2.36. The minimum absolute atomic E-state index is 0.0999. The van der Waals surface area contributed by atoms with Gasteiger partial charge in [-0.25, -0.2) is 0 Å². The van der Waals surface area contributed by atoms with Gasteiger partial charge in [0.1, 0.15) is 11.5 Å². The van der Waals surface area contributed by atoms with Gasteiger partial charge in [-0.05, 0) is 24.3 Å². The molecule has 2 N–H and O–H groups in total. The van der Waals surface area contributed by atoms with Gasteiger partial charge in [0.15, 0.2) is 11.4 Å². The third-order valence-corrected chi connectivity index (χ3v) is 4.73. The third kappa shape index (κ3) is 3.00. The second kappa shape index (κ2) is 6.79. The Morgan fingerprint density at radius 1 is 1.19 bits per heavy atom. The maximum atomic E-state index is 12.8. The normalized spacial score (nSPS) is 18.3. The van der Waals surface area contributed by atoms with Gasteiger partial charge in [-0.2, -0.15) is 0 Å². The smallest absolute Gasteiger partial charge is 0.261 e. The van der Waals surface area contributed by atoms with Crippen molar-refractivity contribution in [3.8, 4) is 11.5 Å². The van der Waals surface area contributed by atoms with Crippen LogP contribution in [0.4, 0.5) is 5.69 Å². The summed E-state index contributed by atoms with van der Waals surface area (Å²) in [5.41, 5.74) is -1.47. The number of ketones is 1. The molecule has 1 amide bonds. The first-order valence-corrected chi connectivity index (χ1v) is 8.34.